The number of anilines is 1. The predicted octanol–water partition coefficient (Wildman–Crippen LogP) is 5.13. The standard InChI is InChI=1S/C37H57N7O3S/c1-24-8-6-9-25(2)35(24)31-17-34-41-36(40-31)42-48(45,46)30-11-7-10-26(16-30)21-43(29(23-47-34)18-37(3,4)5)22-28-19-38-20-33(39-28)44-15-14-27-12-13-32(27)44/h6,8-9,19-20,26-27,29-32,34,36,40-42H,7,10-18,21-23H2,1-5H3/t26?,27?,29-,30?,31?,32?,34?,36?/m1/s1. The van der Waals surface area contributed by atoms with Gasteiger partial charge in [-0.3, -0.25) is 20.5 Å². The lowest BCUT2D eigenvalue weighted by Crippen LogP contribution is -2.64. The Kier molecular flexibility index (Phi) is 9.91. The molecular formula is C37H57N7O3S. The number of sulfonamides is 1. The summed E-state index contributed by atoms with van der Waals surface area (Å²) in [5, 5.41) is 6.67. The van der Waals surface area contributed by atoms with Gasteiger partial charge in [0.15, 0.2) is 0 Å². The molecule has 5 aliphatic rings. The van der Waals surface area contributed by atoms with Crippen molar-refractivity contribution in [3.8, 4) is 0 Å². The zero-order valence-corrected chi connectivity index (χ0v) is 30.4. The van der Waals surface area contributed by atoms with Gasteiger partial charge in [-0.2, -0.15) is 4.72 Å². The van der Waals surface area contributed by atoms with Gasteiger partial charge < -0.3 is 9.64 Å². The van der Waals surface area contributed by atoms with Crippen LogP contribution in [0.25, 0.3) is 0 Å². The molecule has 1 aromatic heterocycles. The quantitative estimate of drug-likeness (QED) is 0.396. The first-order valence-corrected chi connectivity index (χ1v) is 20.0. The van der Waals surface area contributed by atoms with E-state index in [0.29, 0.717) is 38.5 Å². The van der Waals surface area contributed by atoms with Crippen molar-refractivity contribution in [3.63, 3.8) is 0 Å². The molecule has 3 aliphatic heterocycles. The zero-order chi connectivity index (χ0) is 33.6. The van der Waals surface area contributed by atoms with Crippen LogP contribution in [-0.4, -0.2) is 72.8 Å². The number of benzene rings is 1. The third-order valence-electron chi connectivity index (χ3n) is 11.7. The van der Waals surface area contributed by atoms with Gasteiger partial charge in [-0.05, 0) is 92.7 Å². The van der Waals surface area contributed by atoms with Crippen LogP contribution >= 0.6 is 0 Å². The van der Waals surface area contributed by atoms with Gasteiger partial charge >= 0.3 is 0 Å². The molecule has 1 aromatic carbocycles. The van der Waals surface area contributed by atoms with Crippen molar-refractivity contribution in [1.29, 1.82) is 0 Å². The normalized spacial score (nSPS) is 34.3. The summed E-state index contributed by atoms with van der Waals surface area (Å²) in [5.74, 6) is 2.09. The minimum atomic E-state index is -3.59. The first-order chi connectivity index (χ1) is 22.9. The fraction of sp³-hybridized carbons (Fsp3) is 0.730. The summed E-state index contributed by atoms with van der Waals surface area (Å²) in [6.07, 6.45) is 11.7. The first kappa shape index (κ1) is 34.3. The number of fused-ring (bicyclic) bond motifs is 5. The van der Waals surface area contributed by atoms with Gasteiger partial charge in [-0.1, -0.05) is 45.4 Å². The summed E-state index contributed by atoms with van der Waals surface area (Å²) in [4.78, 5) is 15.0. The lowest BCUT2D eigenvalue weighted by atomic mass is 9.80. The Bertz CT molecular complexity index is 1530. The topological polar surface area (TPSA) is 112 Å². The molecule has 264 valence electrons. The molecule has 11 heteroatoms. The maximum Gasteiger partial charge on any atom is 0.216 e. The Labute approximate surface area is 288 Å². The molecule has 0 spiro atoms. The van der Waals surface area contributed by atoms with E-state index in [-0.39, 0.29) is 29.6 Å². The minimum absolute atomic E-state index is 0.0505. The molecule has 7 unspecified atom stereocenters. The molecule has 3 N–H and O–H groups in total. The SMILES string of the molecule is Cc1cccc(C)c1C1CC2NC(N1)NS(=O)(=O)C1CCCC(C1)CN(Cc1cncc(N3CCC4CCC43)n1)[C@H](CC(C)(C)C)CO2. The number of nitrogens with zero attached hydrogens (tertiary/aromatic N) is 4. The van der Waals surface area contributed by atoms with E-state index in [2.05, 4.69) is 78.0 Å². The minimum Gasteiger partial charge on any atom is -0.362 e. The van der Waals surface area contributed by atoms with E-state index in [4.69, 9.17) is 14.7 Å². The molecule has 10 nitrogen and oxygen atoms in total. The molecule has 2 aliphatic carbocycles. The van der Waals surface area contributed by atoms with Crippen molar-refractivity contribution in [1.82, 2.24) is 30.2 Å². The zero-order valence-electron chi connectivity index (χ0n) is 29.6. The van der Waals surface area contributed by atoms with E-state index in [1.807, 2.05) is 12.4 Å². The smallest absolute Gasteiger partial charge is 0.216 e. The Morgan fingerprint density at radius 3 is 2.54 bits per heavy atom. The molecule has 4 bridgehead atoms. The van der Waals surface area contributed by atoms with E-state index in [9.17, 15) is 8.42 Å². The second-order valence-corrected chi connectivity index (χ2v) is 18.6. The van der Waals surface area contributed by atoms with E-state index in [1.165, 1.54) is 36.0 Å². The molecule has 5 fully saturated rings. The van der Waals surface area contributed by atoms with Gasteiger partial charge in [-0.15, -0.1) is 0 Å². The van der Waals surface area contributed by atoms with Crippen LogP contribution in [-0.2, 0) is 21.3 Å². The highest BCUT2D eigenvalue weighted by Gasteiger charge is 2.42. The van der Waals surface area contributed by atoms with Crippen LogP contribution in [0, 0.1) is 31.1 Å². The van der Waals surface area contributed by atoms with Gasteiger partial charge in [-0.25, -0.2) is 13.4 Å². The predicted molar refractivity (Wildman–Crippen MR) is 190 cm³/mol. The molecular weight excluding hydrogens is 623 g/mol. The summed E-state index contributed by atoms with van der Waals surface area (Å²) in [5.41, 5.74) is 4.68. The fourth-order valence-corrected chi connectivity index (χ4v) is 10.9. The van der Waals surface area contributed by atoms with Crippen molar-refractivity contribution >= 4 is 15.8 Å². The summed E-state index contributed by atoms with van der Waals surface area (Å²) in [7, 11) is -3.59. The van der Waals surface area contributed by atoms with Gasteiger partial charge in [0, 0.05) is 50.4 Å². The van der Waals surface area contributed by atoms with Crippen LogP contribution in [0.3, 0.4) is 0 Å². The number of hydrogen-bond acceptors (Lipinski definition) is 9. The van der Waals surface area contributed by atoms with Crippen LogP contribution < -0.4 is 20.3 Å². The first-order valence-electron chi connectivity index (χ1n) is 18.4. The van der Waals surface area contributed by atoms with E-state index >= 15 is 0 Å². The van der Waals surface area contributed by atoms with Gasteiger partial charge in [0.25, 0.3) is 0 Å². The Balaban J connectivity index is 1.20. The van der Waals surface area contributed by atoms with E-state index < -0.39 is 21.6 Å². The molecule has 0 radical (unpaired) electrons. The van der Waals surface area contributed by atoms with Gasteiger partial charge in [0.1, 0.15) is 18.3 Å². The van der Waals surface area contributed by atoms with E-state index in [0.717, 1.165) is 49.8 Å². The Morgan fingerprint density at radius 2 is 1.81 bits per heavy atom. The van der Waals surface area contributed by atoms with Gasteiger partial charge in [0.05, 0.1) is 23.7 Å². The number of aromatic nitrogens is 2. The highest BCUT2D eigenvalue weighted by molar-refractivity contribution is 7.90. The summed E-state index contributed by atoms with van der Waals surface area (Å²) >= 11 is 0. The van der Waals surface area contributed by atoms with Crippen LogP contribution in [0.5, 0.6) is 0 Å². The summed E-state index contributed by atoms with van der Waals surface area (Å²) in [6.45, 7) is 14.3. The molecule has 7 rings (SSSR count). The average molecular weight is 680 g/mol. The second-order valence-electron chi connectivity index (χ2n) is 16.6. The molecule has 4 heterocycles. The van der Waals surface area contributed by atoms with Crippen LogP contribution in [0.15, 0.2) is 30.6 Å². The summed E-state index contributed by atoms with van der Waals surface area (Å²) in [6, 6.07) is 7.05. The fourth-order valence-electron chi connectivity index (χ4n) is 9.27. The number of aryl methyl sites for hydroxylation is 2. The average Bonchev–Trinajstić information content (AvgIpc) is 3.31. The Hall–Kier alpha value is -2.15. The third kappa shape index (κ3) is 7.61. The number of ether oxygens (including phenoxy) is 1. The van der Waals surface area contributed by atoms with Crippen molar-refractivity contribution in [3.05, 3.63) is 53.0 Å². The van der Waals surface area contributed by atoms with E-state index in [1.54, 1.807) is 0 Å². The number of nitrogens with one attached hydrogen (secondary N) is 3. The van der Waals surface area contributed by atoms with Crippen molar-refractivity contribution in [2.24, 2.45) is 17.3 Å². The molecule has 2 aromatic rings. The van der Waals surface area contributed by atoms with Crippen molar-refractivity contribution in [2.75, 3.05) is 24.6 Å². The third-order valence-corrected chi connectivity index (χ3v) is 13.6. The monoisotopic (exact) mass is 679 g/mol. The second kappa shape index (κ2) is 13.9. The largest absolute Gasteiger partial charge is 0.362 e. The van der Waals surface area contributed by atoms with Crippen molar-refractivity contribution < 1.29 is 13.2 Å². The molecule has 2 saturated carbocycles. The highest BCUT2D eigenvalue weighted by Crippen LogP contribution is 2.42. The summed E-state index contributed by atoms with van der Waals surface area (Å²) < 4.78 is 37.8. The Morgan fingerprint density at radius 1 is 1.00 bits per heavy atom. The number of hydrogen-bond donors (Lipinski definition) is 3. The maximum absolute atomic E-state index is 14.0. The van der Waals surface area contributed by atoms with Crippen LogP contribution in [0.4, 0.5) is 5.82 Å². The molecule has 48 heavy (non-hydrogen) atoms. The highest BCUT2D eigenvalue weighted by atomic mass is 32.2. The van der Waals surface area contributed by atoms with Crippen molar-refractivity contribution in [2.45, 2.75) is 135 Å². The van der Waals surface area contributed by atoms with Crippen LogP contribution in [0.2, 0.25) is 0 Å². The maximum atomic E-state index is 14.0. The van der Waals surface area contributed by atoms with Gasteiger partial charge in [0.2, 0.25) is 10.0 Å². The molecule has 3 saturated heterocycles. The van der Waals surface area contributed by atoms with Crippen LogP contribution in [0.1, 0.15) is 107 Å². The lowest BCUT2D eigenvalue weighted by Gasteiger charge is -2.41. The molecule has 8 atom stereocenters. The lowest BCUT2D eigenvalue weighted by molar-refractivity contribution is -0.0517. The molecule has 0 amide bonds. The number of rotatable bonds is 5.